The van der Waals surface area contributed by atoms with Crippen LogP contribution in [0.15, 0.2) is 47.7 Å². The summed E-state index contributed by atoms with van der Waals surface area (Å²) < 4.78 is 1.85. The summed E-state index contributed by atoms with van der Waals surface area (Å²) in [5, 5.41) is 11.0. The fraction of sp³-hybridized carbons (Fsp3) is 0.500. The number of rotatable bonds is 8. The van der Waals surface area contributed by atoms with E-state index in [1.165, 1.54) is 5.56 Å². The smallest absolute Gasteiger partial charge is 0.191 e. The summed E-state index contributed by atoms with van der Waals surface area (Å²) in [5.74, 6) is 0.827. The van der Waals surface area contributed by atoms with Gasteiger partial charge < -0.3 is 10.6 Å². The first kappa shape index (κ1) is 23.4. The lowest BCUT2D eigenvalue weighted by atomic mass is 10.2. The summed E-state index contributed by atoms with van der Waals surface area (Å²) in [5.41, 5.74) is 2.26. The molecule has 0 aliphatic carbocycles. The van der Waals surface area contributed by atoms with Crippen LogP contribution in [0.3, 0.4) is 0 Å². The number of nitrogens with one attached hydrogen (secondary N) is 2. The standard InChI is InChI=1S/C20H32N6.HI/c1-16(2)25(17(3)4)14-12-22-20(21-5)23-15-18-7-9-19(10-8-18)26-13-6-11-24-26;/h6-11,13,16-17H,12,14-15H2,1-5H3,(H2,21,22,23);1H. The second kappa shape index (κ2) is 12.0. The van der Waals surface area contributed by atoms with E-state index in [4.69, 9.17) is 0 Å². The van der Waals surface area contributed by atoms with Crippen molar-refractivity contribution in [3.05, 3.63) is 48.3 Å². The molecule has 2 rings (SSSR count). The zero-order valence-electron chi connectivity index (χ0n) is 17.0. The third-order valence-corrected chi connectivity index (χ3v) is 4.38. The number of aliphatic imine (C=N–C) groups is 1. The molecule has 0 spiro atoms. The van der Waals surface area contributed by atoms with Gasteiger partial charge in [0.1, 0.15) is 0 Å². The van der Waals surface area contributed by atoms with Crippen LogP contribution < -0.4 is 10.6 Å². The molecule has 0 bridgehead atoms. The number of nitrogens with zero attached hydrogens (tertiary/aromatic N) is 4. The van der Waals surface area contributed by atoms with Crippen molar-refractivity contribution in [2.75, 3.05) is 20.1 Å². The van der Waals surface area contributed by atoms with Crippen molar-refractivity contribution in [1.82, 2.24) is 25.3 Å². The highest BCUT2D eigenvalue weighted by Gasteiger charge is 2.12. The zero-order chi connectivity index (χ0) is 18.9. The number of benzene rings is 1. The molecule has 0 aliphatic heterocycles. The van der Waals surface area contributed by atoms with Crippen LogP contribution in [0.25, 0.3) is 5.69 Å². The third kappa shape index (κ3) is 7.50. The minimum Gasteiger partial charge on any atom is -0.355 e. The van der Waals surface area contributed by atoms with E-state index in [9.17, 15) is 0 Å². The minimum absolute atomic E-state index is 0. The van der Waals surface area contributed by atoms with Crippen LogP contribution in [0, 0.1) is 0 Å². The highest BCUT2D eigenvalue weighted by Crippen LogP contribution is 2.08. The van der Waals surface area contributed by atoms with Gasteiger partial charge in [-0.25, -0.2) is 4.68 Å². The van der Waals surface area contributed by atoms with E-state index in [1.54, 1.807) is 13.2 Å². The Morgan fingerprint density at radius 2 is 1.78 bits per heavy atom. The molecule has 1 aromatic heterocycles. The van der Waals surface area contributed by atoms with Gasteiger partial charge in [-0.2, -0.15) is 5.10 Å². The Morgan fingerprint density at radius 3 is 2.30 bits per heavy atom. The molecule has 0 aliphatic rings. The molecule has 0 saturated heterocycles. The largest absolute Gasteiger partial charge is 0.355 e. The maximum Gasteiger partial charge on any atom is 0.191 e. The normalized spacial score (nSPS) is 11.8. The van der Waals surface area contributed by atoms with Crippen LogP contribution in [0.2, 0.25) is 0 Å². The van der Waals surface area contributed by atoms with Gasteiger partial charge in [0.2, 0.25) is 0 Å². The molecular formula is C20H33IN6. The van der Waals surface area contributed by atoms with Crippen LogP contribution >= 0.6 is 24.0 Å². The summed E-state index contributed by atoms with van der Waals surface area (Å²) in [6.07, 6.45) is 3.72. The predicted molar refractivity (Wildman–Crippen MR) is 124 cm³/mol. The van der Waals surface area contributed by atoms with Crippen LogP contribution in [0.1, 0.15) is 33.3 Å². The van der Waals surface area contributed by atoms with E-state index in [2.05, 4.69) is 77.6 Å². The quantitative estimate of drug-likeness (QED) is 0.343. The fourth-order valence-corrected chi connectivity index (χ4v) is 3.01. The second-order valence-electron chi connectivity index (χ2n) is 6.89. The van der Waals surface area contributed by atoms with Gasteiger partial charge in [0.15, 0.2) is 5.96 Å². The summed E-state index contributed by atoms with van der Waals surface area (Å²) in [7, 11) is 1.80. The zero-order valence-corrected chi connectivity index (χ0v) is 19.3. The van der Waals surface area contributed by atoms with Crippen LogP contribution in [-0.4, -0.2) is 52.9 Å². The van der Waals surface area contributed by atoms with Gasteiger partial charge >= 0.3 is 0 Å². The Labute approximate surface area is 180 Å². The highest BCUT2D eigenvalue weighted by atomic mass is 127. The van der Waals surface area contributed by atoms with Gasteiger partial charge in [-0.3, -0.25) is 9.89 Å². The van der Waals surface area contributed by atoms with Crippen LogP contribution in [0.5, 0.6) is 0 Å². The topological polar surface area (TPSA) is 57.5 Å². The molecule has 27 heavy (non-hydrogen) atoms. The summed E-state index contributed by atoms with van der Waals surface area (Å²) in [4.78, 5) is 6.78. The Morgan fingerprint density at radius 1 is 1.11 bits per heavy atom. The number of hydrogen-bond acceptors (Lipinski definition) is 3. The third-order valence-electron chi connectivity index (χ3n) is 4.38. The molecule has 1 aromatic carbocycles. The van der Waals surface area contributed by atoms with E-state index >= 15 is 0 Å². The Hall–Kier alpha value is -1.61. The van der Waals surface area contributed by atoms with Gasteiger partial charge in [-0.05, 0) is 51.5 Å². The highest BCUT2D eigenvalue weighted by molar-refractivity contribution is 14.0. The van der Waals surface area contributed by atoms with Gasteiger partial charge in [0, 0.05) is 51.2 Å². The SMILES string of the molecule is CN=C(NCCN(C(C)C)C(C)C)NCc1ccc(-n2cccn2)cc1.I. The van der Waals surface area contributed by atoms with E-state index in [1.807, 2.05) is 16.9 Å². The number of aromatic nitrogens is 2. The average Bonchev–Trinajstić information content (AvgIpc) is 3.15. The van der Waals surface area contributed by atoms with Crippen LogP contribution in [-0.2, 0) is 6.54 Å². The Bertz CT molecular complexity index is 656. The second-order valence-corrected chi connectivity index (χ2v) is 6.89. The van der Waals surface area contributed by atoms with Gasteiger partial charge in [-0.1, -0.05) is 12.1 Å². The van der Waals surface area contributed by atoms with Crippen molar-refractivity contribution < 1.29 is 0 Å². The van der Waals surface area contributed by atoms with Crippen LogP contribution in [0.4, 0.5) is 0 Å². The minimum atomic E-state index is 0. The molecule has 1 heterocycles. The van der Waals surface area contributed by atoms with Crippen molar-refractivity contribution in [3.8, 4) is 5.69 Å². The molecule has 150 valence electrons. The Kier molecular flexibility index (Phi) is 10.4. The van der Waals surface area contributed by atoms with Gasteiger partial charge in [0.25, 0.3) is 0 Å². The molecule has 0 unspecified atom stereocenters. The lowest BCUT2D eigenvalue weighted by Gasteiger charge is -2.30. The number of halogens is 1. The van der Waals surface area contributed by atoms with E-state index in [0.29, 0.717) is 12.1 Å². The van der Waals surface area contributed by atoms with Crippen molar-refractivity contribution in [2.24, 2.45) is 4.99 Å². The van der Waals surface area contributed by atoms with Crippen molar-refractivity contribution in [3.63, 3.8) is 0 Å². The molecule has 6 nitrogen and oxygen atoms in total. The van der Waals surface area contributed by atoms with E-state index in [-0.39, 0.29) is 24.0 Å². The first-order valence-corrected chi connectivity index (χ1v) is 9.30. The van der Waals surface area contributed by atoms with E-state index in [0.717, 1.165) is 31.3 Å². The average molecular weight is 484 g/mol. The lowest BCUT2D eigenvalue weighted by Crippen LogP contribution is -2.45. The molecule has 0 fully saturated rings. The summed E-state index contributed by atoms with van der Waals surface area (Å²) in [6.45, 7) is 11.5. The summed E-state index contributed by atoms with van der Waals surface area (Å²) in [6, 6.07) is 11.4. The first-order chi connectivity index (χ1) is 12.5. The summed E-state index contributed by atoms with van der Waals surface area (Å²) >= 11 is 0. The van der Waals surface area contributed by atoms with E-state index < -0.39 is 0 Å². The fourth-order valence-electron chi connectivity index (χ4n) is 3.01. The molecule has 7 heteroatoms. The number of guanidine groups is 1. The van der Waals surface area contributed by atoms with Gasteiger partial charge in [0.05, 0.1) is 5.69 Å². The molecule has 0 saturated carbocycles. The van der Waals surface area contributed by atoms with Gasteiger partial charge in [-0.15, -0.1) is 24.0 Å². The van der Waals surface area contributed by atoms with Crippen molar-refractivity contribution in [1.29, 1.82) is 0 Å². The molecule has 0 atom stereocenters. The van der Waals surface area contributed by atoms with Crippen molar-refractivity contribution in [2.45, 2.75) is 46.3 Å². The Balaban J connectivity index is 0.00000364. The molecule has 2 aromatic rings. The predicted octanol–water partition coefficient (Wildman–Crippen LogP) is 3.27. The lowest BCUT2D eigenvalue weighted by molar-refractivity contribution is 0.178. The molecular weight excluding hydrogens is 451 g/mol. The maximum atomic E-state index is 4.31. The number of hydrogen-bond donors (Lipinski definition) is 2. The maximum absolute atomic E-state index is 4.31. The van der Waals surface area contributed by atoms with Crippen molar-refractivity contribution >= 4 is 29.9 Å². The molecule has 0 radical (unpaired) electrons. The molecule has 2 N–H and O–H groups in total. The first-order valence-electron chi connectivity index (χ1n) is 9.30. The monoisotopic (exact) mass is 484 g/mol. The molecule has 0 amide bonds.